The Hall–Kier alpha value is -2.04. The zero-order valence-corrected chi connectivity index (χ0v) is 15.9. The molecule has 0 bridgehead atoms. The molecular weight excluding hydrogens is 350 g/mol. The minimum absolute atomic E-state index is 0.0412. The molecule has 4 nitrogen and oxygen atoms in total. The van der Waals surface area contributed by atoms with E-state index in [1.807, 2.05) is 25.1 Å². The average Bonchev–Trinajstić information content (AvgIpc) is 2.63. The first-order chi connectivity index (χ1) is 12.5. The number of nitrogens with zero attached hydrogens (tertiary/aromatic N) is 1. The maximum Gasteiger partial charge on any atom is 0.167 e. The Bertz CT molecular complexity index is 806. The molecule has 0 saturated carbocycles. The third kappa shape index (κ3) is 4.02. The Morgan fingerprint density at radius 1 is 1.35 bits per heavy atom. The predicted octanol–water partition coefficient (Wildman–Crippen LogP) is 4.46. The Morgan fingerprint density at radius 3 is 2.88 bits per heavy atom. The summed E-state index contributed by atoms with van der Waals surface area (Å²) in [6.45, 7) is 4.07. The maximum absolute atomic E-state index is 13.0. The maximum atomic E-state index is 13.0. The van der Waals surface area contributed by atoms with Gasteiger partial charge in [-0.15, -0.1) is 0 Å². The number of ketones is 1. The molecule has 0 aromatic heterocycles. The fourth-order valence-electron chi connectivity index (χ4n) is 3.66. The quantitative estimate of drug-likeness (QED) is 0.786. The summed E-state index contributed by atoms with van der Waals surface area (Å²) >= 11 is 6.01. The molecule has 1 heterocycles. The molecule has 5 heteroatoms. The number of phenols is 1. The topological polar surface area (TPSA) is 49.8 Å². The van der Waals surface area contributed by atoms with E-state index in [0.29, 0.717) is 23.9 Å². The van der Waals surface area contributed by atoms with Gasteiger partial charge in [0.1, 0.15) is 11.5 Å². The minimum atomic E-state index is -0.0412. The Labute approximate surface area is 159 Å². The van der Waals surface area contributed by atoms with Gasteiger partial charge in [-0.25, -0.2) is 0 Å². The lowest BCUT2D eigenvalue weighted by molar-refractivity contribution is 0.0809. The number of halogens is 1. The van der Waals surface area contributed by atoms with Crippen molar-refractivity contribution in [3.8, 4) is 11.5 Å². The highest BCUT2D eigenvalue weighted by atomic mass is 35.5. The number of ether oxygens (including phenoxy) is 1. The molecule has 0 spiro atoms. The summed E-state index contributed by atoms with van der Waals surface area (Å²) in [5.41, 5.74) is 2.44. The van der Waals surface area contributed by atoms with E-state index in [0.717, 1.165) is 36.1 Å². The highest BCUT2D eigenvalue weighted by Gasteiger charge is 2.28. The van der Waals surface area contributed by atoms with Gasteiger partial charge in [0.05, 0.1) is 7.11 Å². The predicted molar refractivity (Wildman–Crippen MR) is 103 cm³/mol. The summed E-state index contributed by atoms with van der Waals surface area (Å²) < 4.78 is 5.37. The molecule has 1 N–H and O–H groups in total. The van der Waals surface area contributed by atoms with E-state index in [4.69, 9.17) is 16.3 Å². The van der Waals surface area contributed by atoms with Crippen LogP contribution in [-0.4, -0.2) is 36.0 Å². The first kappa shape index (κ1) is 18.7. The lowest BCUT2D eigenvalue weighted by Gasteiger charge is -2.32. The van der Waals surface area contributed by atoms with Crippen LogP contribution < -0.4 is 4.74 Å². The van der Waals surface area contributed by atoms with E-state index in [1.165, 1.54) is 0 Å². The van der Waals surface area contributed by atoms with Gasteiger partial charge in [-0.2, -0.15) is 0 Å². The number of carbonyl (C=O) groups excluding carboxylic acids is 1. The van der Waals surface area contributed by atoms with Gasteiger partial charge in [-0.3, -0.25) is 9.69 Å². The molecule has 138 valence electrons. The second kappa shape index (κ2) is 8.11. The van der Waals surface area contributed by atoms with Crippen molar-refractivity contribution in [3.63, 3.8) is 0 Å². The molecular formula is C21H24ClNO3. The first-order valence-electron chi connectivity index (χ1n) is 8.87. The van der Waals surface area contributed by atoms with E-state index in [9.17, 15) is 9.90 Å². The van der Waals surface area contributed by atoms with E-state index in [2.05, 4.69) is 4.90 Å². The monoisotopic (exact) mass is 373 g/mol. The molecule has 0 radical (unpaired) electrons. The summed E-state index contributed by atoms with van der Waals surface area (Å²) in [7, 11) is 1.60. The average molecular weight is 374 g/mol. The molecule has 2 aromatic rings. The molecule has 1 aliphatic rings. The van der Waals surface area contributed by atoms with Gasteiger partial charge in [-0.05, 0) is 62.2 Å². The zero-order valence-electron chi connectivity index (χ0n) is 15.2. The number of Topliss-reactive ketones (excluding diaryl/α,β-unsaturated/α-hetero) is 1. The van der Waals surface area contributed by atoms with Crippen LogP contribution in [-0.2, 0) is 6.54 Å². The van der Waals surface area contributed by atoms with Gasteiger partial charge in [0.2, 0.25) is 0 Å². The van der Waals surface area contributed by atoms with Crippen molar-refractivity contribution in [2.24, 2.45) is 5.92 Å². The number of methoxy groups -OCH3 is 1. The Kier molecular flexibility index (Phi) is 5.84. The van der Waals surface area contributed by atoms with Gasteiger partial charge in [0, 0.05) is 35.2 Å². The number of aryl methyl sites for hydroxylation is 1. The summed E-state index contributed by atoms with van der Waals surface area (Å²) in [4.78, 5) is 15.2. The zero-order chi connectivity index (χ0) is 18.7. The highest BCUT2D eigenvalue weighted by Crippen LogP contribution is 2.31. The van der Waals surface area contributed by atoms with Crippen LogP contribution >= 0.6 is 11.6 Å². The number of phenolic OH excluding ortho intramolecular Hbond substituents is 1. The summed E-state index contributed by atoms with van der Waals surface area (Å²) in [5.74, 6) is 1.03. The van der Waals surface area contributed by atoms with E-state index >= 15 is 0 Å². The molecule has 26 heavy (non-hydrogen) atoms. The molecule has 3 rings (SSSR count). The van der Waals surface area contributed by atoms with Crippen LogP contribution in [0.2, 0.25) is 5.02 Å². The van der Waals surface area contributed by atoms with Crippen molar-refractivity contribution in [2.75, 3.05) is 20.2 Å². The van der Waals surface area contributed by atoms with Crippen molar-refractivity contribution < 1.29 is 14.6 Å². The lowest BCUT2D eigenvalue weighted by Crippen LogP contribution is -2.38. The Morgan fingerprint density at radius 2 is 2.15 bits per heavy atom. The lowest BCUT2D eigenvalue weighted by atomic mass is 9.88. The number of rotatable bonds is 5. The van der Waals surface area contributed by atoms with E-state index in [1.54, 1.807) is 25.3 Å². The van der Waals surface area contributed by atoms with Crippen LogP contribution in [0, 0.1) is 12.8 Å². The van der Waals surface area contributed by atoms with Gasteiger partial charge >= 0.3 is 0 Å². The van der Waals surface area contributed by atoms with Crippen molar-refractivity contribution in [1.82, 2.24) is 4.90 Å². The smallest absolute Gasteiger partial charge is 0.167 e. The number of hydrogen-bond donors (Lipinski definition) is 1. The highest BCUT2D eigenvalue weighted by molar-refractivity contribution is 6.30. The molecule has 1 aliphatic heterocycles. The molecule has 0 amide bonds. The standard InChI is InChI=1S/C21H24ClNO3/c1-14-11-16(22)8-9-17(14)21(25)15-5-4-10-23(12-15)13-18-19(24)6-3-7-20(18)26-2/h3,6-9,11,15,24H,4-5,10,12-13H2,1-2H3/t15-/m1/s1. The molecule has 0 aliphatic carbocycles. The number of likely N-dealkylation sites (tertiary alicyclic amines) is 1. The fourth-order valence-corrected chi connectivity index (χ4v) is 3.89. The summed E-state index contributed by atoms with van der Waals surface area (Å²) in [6.07, 6.45) is 1.84. The second-order valence-corrected chi connectivity index (χ2v) is 7.29. The number of hydrogen-bond acceptors (Lipinski definition) is 4. The summed E-state index contributed by atoms with van der Waals surface area (Å²) in [6, 6.07) is 10.7. The molecule has 1 fully saturated rings. The third-order valence-electron chi connectivity index (χ3n) is 5.04. The normalized spacial score (nSPS) is 17.9. The van der Waals surface area contributed by atoms with Crippen LogP contribution in [0.1, 0.15) is 34.3 Å². The fraction of sp³-hybridized carbons (Fsp3) is 0.381. The number of aromatic hydroxyl groups is 1. The van der Waals surface area contributed by atoms with Crippen LogP contribution in [0.4, 0.5) is 0 Å². The molecule has 1 saturated heterocycles. The molecule has 1 atom stereocenters. The number of benzene rings is 2. The third-order valence-corrected chi connectivity index (χ3v) is 5.28. The van der Waals surface area contributed by atoms with Crippen LogP contribution in [0.15, 0.2) is 36.4 Å². The van der Waals surface area contributed by atoms with E-state index < -0.39 is 0 Å². The van der Waals surface area contributed by atoms with Crippen LogP contribution in [0.3, 0.4) is 0 Å². The van der Waals surface area contributed by atoms with Crippen molar-refractivity contribution in [3.05, 3.63) is 58.1 Å². The number of piperidine rings is 1. The van der Waals surface area contributed by atoms with Crippen LogP contribution in [0.5, 0.6) is 11.5 Å². The molecule has 2 aromatic carbocycles. The SMILES string of the molecule is COc1cccc(O)c1CN1CCC[C@@H](C(=O)c2ccc(Cl)cc2C)C1. The first-order valence-corrected chi connectivity index (χ1v) is 9.25. The Balaban J connectivity index is 1.74. The van der Waals surface area contributed by atoms with Gasteiger partial charge in [0.15, 0.2) is 5.78 Å². The largest absolute Gasteiger partial charge is 0.507 e. The van der Waals surface area contributed by atoms with Gasteiger partial charge in [-0.1, -0.05) is 17.7 Å². The minimum Gasteiger partial charge on any atom is -0.507 e. The van der Waals surface area contributed by atoms with Gasteiger partial charge in [0.25, 0.3) is 0 Å². The van der Waals surface area contributed by atoms with Crippen LogP contribution in [0.25, 0.3) is 0 Å². The van der Waals surface area contributed by atoms with Crippen molar-refractivity contribution in [1.29, 1.82) is 0 Å². The molecule has 0 unspecified atom stereocenters. The second-order valence-electron chi connectivity index (χ2n) is 6.86. The van der Waals surface area contributed by atoms with Crippen molar-refractivity contribution in [2.45, 2.75) is 26.3 Å². The summed E-state index contributed by atoms with van der Waals surface area (Å²) in [5, 5.41) is 10.8. The van der Waals surface area contributed by atoms with Crippen molar-refractivity contribution >= 4 is 17.4 Å². The van der Waals surface area contributed by atoms with E-state index in [-0.39, 0.29) is 17.5 Å². The number of carbonyl (C=O) groups is 1. The van der Waals surface area contributed by atoms with Gasteiger partial charge < -0.3 is 9.84 Å².